The number of sulfonamides is 1. The third-order valence-corrected chi connectivity index (χ3v) is 4.52. The highest BCUT2D eigenvalue weighted by Crippen LogP contribution is 2.28. The number of nitrogen functional groups attached to an aromatic ring is 1. The molecule has 10 heteroatoms. The molecular weight excluding hydrogens is 392 g/mol. The van der Waals surface area contributed by atoms with Crippen molar-refractivity contribution in [2.75, 3.05) is 16.7 Å². The SMILES string of the molecule is CS(=O)(=O)Nc1cccc(-c2cnc(N)c(-c3nnc(-c4ccccc4)o3)n2)c1. The average Bonchev–Trinajstić information content (AvgIpc) is 3.18. The van der Waals surface area contributed by atoms with Gasteiger partial charge in [0.1, 0.15) is 0 Å². The molecule has 0 unspecified atom stereocenters. The molecule has 0 aliphatic carbocycles. The quantitative estimate of drug-likeness (QED) is 0.514. The van der Waals surface area contributed by atoms with Crippen molar-refractivity contribution < 1.29 is 12.8 Å². The number of nitrogens with one attached hydrogen (secondary N) is 1. The maximum Gasteiger partial charge on any atom is 0.270 e. The first kappa shape index (κ1) is 18.6. The number of aromatic nitrogens is 4. The van der Waals surface area contributed by atoms with Gasteiger partial charge in [0.15, 0.2) is 11.5 Å². The second-order valence-corrected chi connectivity index (χ2v) is 7.97. The molecule has 146 valence electrons. The van der Waals surface area contributed by atoms with Crippen molar-refractivity contribution in [2.24, 2.45) is 0 Å². The molecule has 9 nitrogen and oxygen atoms in total. The van der Waals surface area contributed by atoms with Crippen molar-refractivity contribution in [3.05, 3.63) is 60.8 Å². The van der Waals surface area contributed by atoms with E-state index in [0.717, 1.165) is 11.8 Å². The second-order valence-electron chi connectivity index (χ2n) is 6.22. The Morgan fingerprint density at radius 1 is 0.966 bits per heavy atom. The van der Waals surface area contributed by atoms with E-state index in [1.165, 1.54) is 6.20 Å². The molecule has 2 aromatic carbocycles. The maximum atomic E-state index is 11.5. The molecule has 0 spiro atoms. The van der Waals surface area contributed by atoms with Crippen LogP contribution in [0, 0.1) is 0 Å². The van der Waals surface area contributed by atoms with Gasteiger partial charge in [0.05, 0.1) is 18.1 Å². The summed E-state index contributed by atoms with van der Waals surface area (Å²) in [6.07, 6.45) is 2.58. The predicted octanol–water partition coefficient (Wildman–Crippen LogP) is 2.81. The first-order chi connectivity index (χ1) is 13.9. The summed E-state index contributed by atoms with van der Waals surface area (Å²) in [6.45, 7) is 0. The van der Waals surface area contributed by atoms with E-state index in [4.69, 9.17) is 10.2 Å². The molecule has 4 aromatic rings. The van der Waals surface area contributed by atoms with Crippen LogP contribution in [0.25, 0.3) is 34.3 Å². The molecule has 0 fully saturated rings. The van der Waals surface area contributed by atoms with Gasteiger partial charge < -0.3 is 10.2 Å². The highest BCUT2D eigenvalue weighted by molar-refractivity contribution is 7.92. The summed E-state index contributed by atoms with van der Waals surface area (Å²) in [4.78, 5) is 8.66. The van der Waals surface area contributed by atoms with E-state index >= 15 is 0 Å². The van der Waals surface area contributed by atoms with E-state index in [9.17, 15) is 8.42 Å². The maximum absolute atomic E-state index is 11.5. The van der Waals surface area contributed by atoms with Crippen LogP contribution in [0.15, 0.2) is 65.2 Å². The smallest absolute Gasteiger partial charge is 0.270 e. The van der Waals surface area contributed by atoms with Crippen molar-refractivity contribution in [1.29, 1.82) is 0 Å². The van der Waals surface area contributed by atoms with Crippen LogP contribution < -0.4 is 10.5 Å². The number of rotatable bonds is 5. The lowest BCUT2D eigenvalue weighted by molar-refractivity contribution is 0.582. The molecule has 2 heterocycles. The van der Waals surface area contributed by atoms with Gasteiger partial charge in [0.2, 0.25) is 15.9 Å². The number of nitrogens with two attached hydrogens (primary N) is 1. The molecule has 0 bridgehead atoms. The Balaban J connectivity index is 1.71. The molecule has 4 rings (SSSR count). The average molecular weight is 408 g/mol. The van der Waals surface area contributed by atoms with Crippen molar-refractivity contribution in [1.82, 2.24) is 20.2 Å². The summed E-state index contributed by atoms with van der Waals surface area (Å²) in [5.41, 5.74) is 8.53. The second kappa shape index (κ2) is 7.32. The number of hydrogen-bond donors (Lipinski definition) is 2. The van der Waals surface area contributed by atoms with Crippen LogP contribution in [-0.4, -0.2) is 34.8 Å². The zero-order chi connectivity index (χ0) is 20.4. The van der Waals surface area contributed by atoms with Crippen LogP contribution in [-0.2, 0) is 10.0 Å². The molecule has 3 N–H and O–H groups in total. The fraction of sp³-hybridized carbons (Fsp3) is 0.0526. The summed E-state index contributed by atoms with van der Waals surface area (Å²) < 4.78 is 31.1. The van der Waals surface area contributed by atoms with E-state index in [0.29, 0.717) is 22.8 Å². The minimum Gasteiger partial charge on any atom is -0.414 e. The minimum absolute atomic E-state index is 0.140. The van der Waals surface area contributed by atoms with Crippen LogP contribution in [0.5, 0.6) is 0 Å². The van der Waals surface area contributed by atoms with Gasteiger partial charge in [-0.1, -0.05) is 30.3 Å². The highest BCUT2D eigenvalue weighted by Gasteiger charge is 2.17. The highest BCUT2D eigenvalue weighted by atomic mass is 32.2. The lowest BCUT2D eigenvalue weighted by atomic mass is 10.1. The summed E-state index contributed by atoms with van der Waals surface area (Å²) in [7, 11) is -3.40. The molecule has 29 heavy (non-hydrogen) atoms. The lowest BCUT2D eigenvalue weighted by Crippen LogP contribution is -2.09. The van der Waals surface area contributed by atoms with Gasteiger partial charge in [0.25, 0.3) is 5.89 Å². The molecule has 0 saturated carbocycles. The third kappa shape index (κ3) is 4.22. The van der Waals surface area contributed by atoms with Gasteiger partial charge >= 0.3 is 0 Å². The first-order valence-corrected chi connectivity index (χ1v) is 10.4. The summed E-state index contributed by atoms with van der Waals surface area (Å²) in [5, 5.41) is 8.08. The van der Waals surface area contributed by atoms with Crippen LogP contribution >= 0.6 is 0 Å². The molecule has 0 aliphatic heterocycles. The normalized spacial score (nSPS) is 11.3. The van der Waals surface area contributed by atoms with E-state index in [2.05, 4.69) is 24.9 Å². The van der Waals surface area contributed by atoms with E-state index in [1.807, 2.05) is 30.3 Å². The van der Waals surface area contributed by atoms with Gasteiger partial charge in [-0.25, -0.2) is 18.4 Å². The van der Waals surface area contributed by atoms with Gasteiger partial charge in [-0.05, 0) is 24.3 Å². The lowest BCUT2D eigenvalue weighted by Gasteiger charge is -2.07. The van der Waals surface area contributed by atoms with Crippen molar-refractivity contribution in [3.63, 3.8) is 0 Å². The monoisotopic (exact) mass is 408 g/mol. The molecule has 0 saturated heterocycles. The van der Waals surface area contributed by atoms with Crippen LogP contribution in [0.4, 0.5) is 11.5 Å². The number of hydrogen-bond acceptors (Lipinski definition) is 8. The minimum atomic E-state index is -3.40. The summed E-state index contributed by atoms with van der Waals surface area (Å²) in [6, 6.07) is 16.1. The molecule has 0 atom stereocenters. The molecule has 0 amide bonds. The molecule has 2 aromatic heterocycles. The van der Waals surface area contributed by atoms with Gasteiger partial charge in [-0.3, -0.25) is 4.72 Å². The topological polar surface area (TPSA) is 137 Å². The van der Waals surface area contributed by atoms with E-state index in [-0.39, 0.29) is 17.4 Å². The number of anilines is 2. The van der Waals surface area contributed by atoms with E-state index in [1.54, 1.807) is 24.3 Å². The Kier molecular flexibility index (Phi) is 4.69. The number of benzene rings is 2. The largest absolute Gasteiger partial charge is 0.414 e. The molecular formula is C19H16N6O3S. The molecule has 0 radical (unpaired) electrons. The predicted molar refractivity (Wildman–Crippen MR) is 109 cm³/mol. The summed E-state index contributed by atoms with van der Waals surface area (Å²) in [5.74, 6) is 0.620. The Bertz CT molecular complexity index is 1270. The van der Waals surface area contributed by atoms with Crippen LogP contribution in [0.3, 0.4) is 0 Å². The fourth-order valence-electron chi connectivity index (χ4n) is 2.67. The van der Waals surface area contributed by atoms with Gasteiger partial charge in [-0.15, -0.1) is 10.2 Å². The Morgan fingerprint density at radius 2 is 1.69 bits per heavy atom. The summed E-state index contributed by atoms with van der Waals surface area (Å²) >= 11 is 0. The van der Waals surface area contributed by atoms with Crippen LogP contribution in [0.1, 0.15) is 0 Å². The van der Waals surface area contributed by atoms with Gasteiger partial charge in [0, 0.05) is 16.8 Å². The third-order valence-electron chi connectivity index (χ3n) is 3.91. The Hall–Kier alpha value is -3.79. The first-order valence-electron chi connectivity index (χ1n) is 8.49. The zero-order valence-electron chi connectivity index (χ0n) is 15.3. The Labute approximate surface area is 166 Å². The van der Waals surface area contributed by atoms with Crippen molar-refractivity contribution in [2.45, 2.75) is 0 Å². The standard InChI is InChI=1S/C19H16N6O3S/c1-29(26,27)25-14-9-5-8-13(10-14)15-11-21-17(20)16(22-15)19-24-23-18(28-19)12-6-3-2-4-7-12/h2-11,25H,1H3,(H2,20,21). The molecule has 0 aliphatic rings. The number of nitrogens with zero attached hydrogens (tertiary/aromatic N) is 4. The van der Waals surface area contributed by atoms with Gasteiger partial charge in [-0.2, -0.15) is 0 Å². The zero-order valence-corrected chi connectivity index (χ0v) is 16.1. The fourth-order valence-corrected chi connectivity index (χ4v) is 3.22. The van der Waals surface area contributed by atoms with E-state index < -0.39 is 10.0 Å². The van der Waals surface area contributed by atoms with Crippen molar-refractivity contribution >= 4 is 21.5 Å². The van der Waals surface area contributed by atoms with Crippen molar-refractivity contribution in [3.8, 4) is 34.3 Å². The Morgan fingerprint density at radius 3 is 2.45 bits per heavy atom. The van der Waals surface area contributed by atoms with Crippen LogP contribution in [0.2, 0.25) is 0 Å².